The van der Waals surface area contributed by atoms with Gasteiger partial charge in [0.15, 0.2) is 0 Å². The van der Waals surface area contributed by atoms with Crippen molar-refractivity contribution in [2.24, 2.45) is 23.0 Å². The number of nitrogens with two attached hydrogens (primary N) is 1. The van der Waals surface area contributed by atoms with E-state index in [-0.39, 0.29) is 11.3 Å². The van der Waals surface area contributed by atoms with E-state index < -0.39 is 0 Å². The molecule has 0 aliphatic heterocycles. The third-order valence-corrected chi connectivity index (χ3v) is 3.74. The van der Waals surface area contributed by atoms with Gasteiger partial charge in [0.2, 0.25) is 5.91 Å². The van der Waals surface area contributed by atoms with E-state index in [1.165, 1.54) is 6.42 Å². The second-order valence-electron chi connectivity index (χ2n) is 7.07. The summed E-state index contributed by atoms with van der Waals surface area (Å²) in [5.74, 6) is 1.43. The van der Waals surface area contributed by atoms with Crippen LogP contribution in [-0.2, 0) is 4.79 Å². The molecule has 0 aliphatic carbocycles. The molecule has 0 aromatic rings. The molecule has 0 spiro atoms. The maximum atomic E-state index is 11.8. The minimum Gasteiger partial charge on any atom is -0.356 e. The van der Waals surface area contributed by atoms with Gasteiger partial charge in [-0.05, 0) is 49.5 Å². The minimum absolute atomic E-state index is 0.190. The third kappa shape index (κ3) is 9.94. The van der Waals surface area contributed by atoms with Crippen LogP contribution in [0.2, 0.25) is 0 Å². The Morgan fingerprint density at radius 2 is 1.79 bits per heavy atom. The first-order chi connectivity index (χ1) is 8.77. The number of carbonyl (C=O) groups excluding carboxylic acids is 1. The summed E-state index contributed by atoms with van der Waals surface area (Å²) in [6.07, 6.45) is 4.83. The number of amides is 1. The van der Waals surface area contributed by atoms with Gasteiger partial charge in [0.25, 0.3) is 0 Å². The molecular formula is C16H34N2O. The summed E-state index contributed by atoms with van der Waals surface area (Å²) in [5, 5.41) is 3.02. The lowest BCUT2D eigenvalue weighted by molar-refractivity contribution is -0.121. The Labute approximate surface area is 119 Å². The monoisotopic (exact) mass is 270 g/mol. The molecule has 0 saturated carbocycles. The normalized spacial score (nSPS) is 13.6. The molecule has 0 heterocycles. The Bertz CT molecular complexity index is 244. The lowest BCUT2D eigenvalue weighted by Gasteiger charge is -2.30. The van der Waals surface area contributed by atoms with Gasteiger partial charge in [-0.15, -0.1) is 0 Å². The molecule has 0 bridgehead atoms. The van der Waals surface area contributed by atoms with E-state index in [2.05, 4.69) is 39.9 Å². The maximum absolute atomic E-state index is 11.8. The fourth-order valence-corrected chi connectivity index (χ4v) is 2.34. The highest BCUT2D eigenvalue weighted by molar-refractivity contribution is 5.75. The zero-order valence-corrected chi connectivity index (χ0v) is 13.6. The van der Waals surface area contributed by atoms with Crippen molar-refractivity contribution in [1.29, 1.82) is 0 Å². The van der Waals surface area contributed by atoms with Crippen molar-refractivity contribution in [3.63, 3.8) is 0 Å². The van der Waals surface area contributed by atoms with Crippen LogP contribution in [0.1, 0.15) is 66.7 Å². The largest absolute Gasteiger partial charge is 0.356 e. The standard InChI is InChI=1S/C16H34N2O/c1-13(2)7-6-12-18-15(19)9-8-14(10-11-17)16(3,4)5/h13-14H,6-12,17H2,1-5H3,(H,18,19). The Balaban J connectivity index is 3.86. The van der Waals surface area contributed by atoms with Gasteiger partial charge in [-0.2, -0.15) is 0 Å². The van der Waals surface area contributed by atoms with Gasteiger partial charge in [0.05, 0.1) is 0 Å². The van der Waals surface area contributed by atoms with E-state index in [9.17, 15) is 4.79 Å². The highest BCUT2D eigenvalue weighted by Crippen LogP contribution is 2.31. The molecule has 0 saturated heterocycles. The number of rotatable bonds is 9. The summed E-state index contributed by atoms with van der Waals surface area (Å²) in [5.41, 5.74) is 5.89. The summed E-state index contributed by atoms with van der Waals surface area (Å²) >= 11 is 0. The zero-order valence-electron chi connectivity index (χ0n) is 13.6. The summed E-state index contributed by atoms with van der Waals surface area (Å²) < 4.78 is 0. The molecule has 3 heteroatoms. The molecule has 0 radical (unpaired) electrons. The smallest absolute Gasteiger partial charge is 0.220 e. The van der Waals surface area contributed by atoms with Gasteiger partial charge < -0.3 is 11.1 Å². The molecule has 0 aliphatic rings. The Hall–Kier alpha value is -0.570. The molecule has 3 nitrogen and oxygen atoms in total. The van der Waals surface area contributed by atoms with Crippen LogP contribution >= 0.6 is 0 Å². The van der Waals surface area contributed by atoms with E-state index in [0.717, 1.165) is 25.8 Å². The zero-order chi connectivity index (χ0) is 14.9. The van der Waals surface area contributed by atoms with Gasteiger partial charge >= 0.3 is 0 Å². The van der Waals surface area contributed by atoms with E-state index in [4.69, 9.17) is 5.73 Å². The van der Waals surface area contributed by atoms with Crippen LogP contribution in [0.3, 0.4) is 0 Å². The van der Waals surface area contributed by atoms with E-state index in [1.54, 1.807) is 0 Å². The highest BCUT2D eigenvalue weighted by Gasteiger charge is 2.24. The molecular weight excluding hydrogens is 236 g/mol. The predicted octanol–water partition coefficient (Wildman–Crippen LogP) is 3.33. The van der Waals surface area contributed by atoms with E-state index in [0.29, 0.717) is 24.8 Å². The maximum Gasteiger partial charge on any atom is 0.220 e. The summed E-state index contributed by atoms with van der Waals surface area (Å²) in [6, 6.07) is 0. The molecule has 114 valence electrons. The average Bonchev–Trinajstić information content (AvgIpc) is 2.28. The van der Waals surface area contributed by atoms with Gasteiger partial charge in [-0.25, -0.2) is 0 Å². The van der Waals surface area contributed by atoms with Gasteiger partial charge in [0.1, 0.15) is 0 Å². The van der Waals surface area contributed by atoms with Crippen LogP contribution in [-0.4, -0.2) is 19.0 Å². The molecule has 0 fully saturated rings. The Morgan fingerprint density at radius 3 is 2.26 bits per heavy atom. The minimum atomic E-state index is 0.190. The molecule has 1 unspecified atom stereocenters. The van der Waals surface area contributed by atoms with Gasteiger partial charge in [-0.3, -0.25) is 4.79 Å². The number of hydrogen-bond donors (Lipinski definition) is 2. The van der Waals surface area contributed by atoms with Gasteiger partial charge in [0, 0.05) is 13.0 Å². The molecule has 19 heavy (non-hydrogen) atoms. The molecule has 3 N–H and O–H groups in total. The van der Waals surface area contributed by atoms with E-state index >= 15 is 0 Å². The third-order valence-electron chi connectivity index (χ3n) is 3.74. The van der Waals surface area contributed by atoms with Crippen molar-refractivity contribution in [2.45, 2.75) is 66.7 Å². The van der Waals surface area contributed by atoms with Crippen LogP contribution in [0.25, 0.3) is 0 Å². The first kappa shape index (κ1) is 18.4. The molecule has 0 aromatic carbocycles. The van der Waals surface area contributed by atoms with Crippen LogP contribution in [0.5, 0.6) is 0 Å². The van der Waals surface area contributed by atoms with Crippen molar-refractivity contribution < 1.29 is 4.79 Å². The van der Waals surface area contributed by atoms with Crippen molar-refractivity contribution in [3.8, 4) is 0 Å². The SMILES string of the molecule is CC(C)CCCNC(=O)CCC(CCN)C(C)(C)C. The van der Waals surface area contributed by atoms with Crippen molar-refractivity contribution in [3.05, 3.63) is 0 Å². The average molecular weight is 270 g/mol. The molecule has 1 amide bonds. The number of nitrogens with one attached hydrogen (secondary N) is 1. The predicted molar refractivity (Wildman–Crippen MR) is 82.9 cm³/mol. The summed E-state index contributed by atoms with van der Waals surface area (Å²) in [6.45, 7) is 12.6. The van der Waals surface area contributed by atoms with Gasteiger partial charge in [-0.1, -0.05) is 34.6 Å². The van der Waals surface area contributed by atoms with Crippen molar-refractivity contribution in [1.82, 2.24) is 5.32 Å². The molecule has 0 rings (SSSR count). The summed E-state index contributed by atoms with van der Waals surface area (Å²) in [7, 11) is 0. The lowest BCUT2D eigenvalue weighted by atomic mass is 9.76. The fraction of sp³-hybridized carbons (Fsp3) is 0.938. The molecule has 1 atom stereocenters. The number of carbonyl (C=O) groups is 1. The summed E-state index contributed by atoms with van der Waals surface area (Å²) in [4.78, 5) is 11.8. The Morgan fingerprint density at radius 1 is 1.16 bits per heavy atom. The van der Waals surface area contributed by atoms with Crippen molar-refractivity contribution >= 4 is 5.91 Å². The quantitative estimate of drug-likeness (QED) is 0.631. The van der Waals surface area contributed by atoms with Crippen LogP contribution in [0.4, 0.5) is 0 Å². The fourth-order valence-electron chi connectivity index (χ4n) is 2.34. The van der Waals surface area contributed by atoms with Crippen LogP contribution in [0.15, 0.2) is 0 Å². The molecule has 0 aromatic heterocycles. The number of hydrogen-bond acceptors (Lipinski definition) is 2. The first-order valence-corrected chi connectivity index (χ1v) is 7.74. The first-order valence-electron chi connectivity index (χ1n) is 7.74. The second kappa shape index (κ2) is 9.35. The van der Waals surface area contributed by atoms with E-state index in [1.807, 2.05) is 0 Å². The van der Waals surface area contributed by atoms with Crippen molar-refractivity contribution in [2.75, 3.05) is 13.1 Å². The van der Waals surface area contributed by atoms with Crippen LogP contribution < -0.4 is 11.1 Å². The Kier molecular flexibility index (Phi) is 9.07. The second-order valence-corrected chi connectivity index (χ2v) is 7.07. The topological polar surface area (TPSA) is 55.1 Å². The highest BCUT2D eigenvalue weighted by atomic mass is 16.1. The van der Waals surface area contributed by atoms with Crippen LogP contribution in [0, 0.1) is 17.3 Å². The lowest BCUT2D eigenvalue weighted by Crippen LogP contribution is -2.28.